The molecule has 4 rings (SSSR count). The second-order valence-corrected chi connectivity index (χ2v) is 6.00. The standard InChI is InChI=1S/C15H24N4O/c1-18(2)13-4-7-16-15(20-3)14(13)17-12-10-19-8-5-11(12)6-9-19/h4,7,11-12,17H,5-6,8-10H2,1-3H3. The molecule has 0 radical (unpaired) electrons. The van der Waals surface area contributed by atoms with E-state index in [1.54, 1.807) is 13.3 Å². The first kappa shape index (κ1) is 13.5. The van der Waals surface area contributed by atoms with Gasteiger partial charge in [0.15, 0.2) is 0 Å². The maximum Gasteiger partial charge on any atom is 0.239 e. The van der Waals surface area contributed by atoms with Gasteiger partial charge in [-0.3, -0.25) is 0 Å². The van der Waals surface area contributed by atoms with Gasteiger partial charge in [0.1, 0.15) is 5.69 Å². The molecule has 2 bridgehead atoms. The first-order valence-corrected chi connectivity index (χ1v) is 7.38. The van der Waals surface area contributed by atoms with Crippen molar-refractivity contribution in [3.05, 3.63) is 12.3 Å². The topological polar surface area (TPSA) is 40.6 Å². The fourth-order valence-electron chi connectivity index (χ4n) is 3.41. The summed E-state index contributed by atoms with van der Waals surface area (Å²) in [4.78, 5) is 9.00. The van der Waals surface area contributed by atoms with Gasteiger partial charge in [0.2, 0.25) is 5.88 Å². The number of methoxy groups -OCH3 is 1. The van der Waals surface area contributed by atoms with E-state index in [4.69, 9.17) is 4.74 Å². The number of aromatic nitrogens is 1. The third kappa shape index (κ3) is 2.42. The number of nitrogens with zero attached hydrogens (tertiary/aromatic N) is 3. The molecule has 1 unspecified atom stereocenters. The van der Waals surface area contributed by atoms with E-state index in [0.29, 0.717) is 11.9 Å². The number of hydrogen-bond acceptors (Lipinski definition) is 5. The molecule has 3 aliphatic heterocycles. The Morgan fingerprint density at radius 3 is 2.65 bits per heavy atom. The maximum absolute atomic E-state index is 5.44. The molecular weight excluding hydrogens is 252 g/mol. The number of anilines is 2. The Bertz CT molecular complexity index is 469. The normalized spacial score (nSPS) is 28.2. The van der Waals surface area contributed by atoms with Crippen LogP contribution in [0, 0.1) is 5.92 Å². The lowest BCUT2D eigenvalue weighted by Crippen LogP contribution is -2.53. The molecule has 3 aliphatic rings. The van der Waals surface area contributed by atoms with Crippen LogP contribution in [-0.4, -0.2) is 56.8 Å². The molecule has 20 heavy (non-hydrogen) atoms. The van der Waals surface area contributed by atoms with E-state index in [-0.39, 0.29) is 0 Å². The average molecular weight is 276 g/mol. The van der Waals surface area contributed by atoms with Crippen LogP contribution in [0.3, 0.4) is 0 Å². The zero-order valence-electron chi connectivity index (χ0n) is 12.6. The number of ether oxygens (including phenoxy) is 1. The van der Waals surface area contributed by atoms with Crippen molar-refractivity contribution in [2.75, 3.05) is 51.1 Å². The van der Waals surface area contributed by atoms with Gasteiger partial charge >= 0.3 is 0 Å². The van der Waals surface area contributed by atoms with Gasteiger partial charge in [-0.05, 0) is 37.9 Å². The highest BCUT2D eigenvalue weighted by molar-refractivity contribution is 5.74. The van der Waals surface area contributed by atoms with Crippen LogP contribution in [0.25, 0.3) is 0 Å². The van der Waals surface area contributed by atoms with Crippen LogP contribution in [0.4, 0.5) is 11.4 Å². The van der Waals surface area contributed by atoms with Crippen molar-refractivity contribution in [3.63, 3.8) is 0 Å². The molecule has 0 spiro atoms. The minimum atomic E-state index is 0.509. The molecule has 3 fully saturated rings. The van der Waals surface area contributed by atoms with Crippen molar-refractivity contribution in [1.82, 2.24) is 9.88 Å². The third-order valence-corrected chi connectivity index (χ3v) is 4.56. The zero-order valence-corrected chi connectivity index (χ0v) is 12.6. The summed E-state index contributed by atoms with van der Waals surface area (Å²) in [5, 5.41) is 3.71. The zero-order chi connectivity index (χ0) is 14.1. The van der Waals surface area contributed by atoms with E-state index in [9.17, 15) is 0 Å². The van der Waals surface area contributed by atoms with Crippen molar-refractivity contribution in [3.8, 4) is 5.88 Å². The Morgan fingerprint density at radius 1 is 1.35 bits per heavy atom. The van der Waals surface area contributed by atoms with Gasteiger partial charge in [0, 0.05) is 32.9 Å². The fourth-order valence-corrected chi connectivity index (χ4v) is 3.41. The Morgan fingerprint density at radius 2 is 2.10 bits per heavy atom. The molecule has 4 heterocycles. The van der Waals surface area contributed by atoms with E-state index >= 15 is 0 Å². The van der Waals surface area contributed by atoms with Gasteiger partial charge < -0.3 is 19.9 Å². The summed E-state index contributed by atoms with van der Waals surface area (Å²) >= 11 is 0. The van der Waals surface area contributed by atoms with E-state index in [1.165, 1.54) is 25.9 Å². The molecule has 1 atom stereocenters. The maximum atomic E-state index is 5.44. The first-order chi connectivity index (χ1) is 9.69. The lowest BCUT2D eigenvalue weighted by atomic mass is 9.84. The van der Waals surface area contributed by atoms with Gasteiger partial charge in [0.25, 0.3) is 0 Å². The van der Waals surface area contributed by atoms with Gasteiger partial charge in [-0.15, -0.1) is 0 Å². The van der Waals surface area contributed by atoms with Crippen LogP contribution in [0.1, 0.15) is 12.8 Å². The molecule has 0 aromatic carbocycles. The van der Waals surface area contributed by atoms with Crippen molar-refractivity contribution in [2.24, 2.45) is 5.92 Å². The number of rotatable bonds is 4. The van der Waals surface area contributed by atoms with Crippen molar-refractivity contribution in [2.45, 2.75) is 18.9 Å². The van der Waals surface area contributed by atoms with Crippen LogP contribution in [0.15, 0.2) is 12.3 Å². The highest BCUT2D eigenvalue weighted by Gasteiger charge is 2.34. The summed E-state index contributed by atoms with van der Waals surface area (Å²) < 4.78 is 5.44. The number of hydrogen-bond donors (Lipinski definition) is 1. The SMILES string of the molecule is COc1nccc(N(C)C)c1NC1CN2CCC1CC2. The summed E-state index contributed by atoms with van der Waals surface area (Å²) in [5.74, 6) is 1.47. The van der Waals surface area contributed by atoms with Gasteiger partial charge in [0.05, 0.1) is 12.8 Å². The molecule has 1 N–H and O–H groups in total. The fraction of sp³-hybridized carbons (Fsp3) is 0.667. The van der Waals surface area contributed by atoms with Crippen LogP contribution in [0.2, 0.25) is 0 Å². The van der Waals surface area contributed by atoms with Gasteiger partial charge in [-0.2, -0.15) is 0 Å². The molecular formula is C15H24N4O. The predicted octanol–water partition coefficient (Wildman–Crippen LogP) is 1.66. The lowest BCUT2D eigenvalue weighted by Gasteiger charge is -2.45. The Balaban J connectivity index is 1.86. The van der Waals surface area contributed by atoms with E-state index in [0.717, 1.165) is 23.8 Å². The highest BCUT2D eigenvalue weighted by atomic mass is 16.5. The van der Waals surface area contributed by atoms with Crippen molar-refractivity contribution < 1.29 is 4.74 Å². The summed E-state index contributed by atoms with van der Waals surface area (Å²) in [7, 11) is 5.79. The van der Waals surface area contributed by atoms with Crippen molar-refractivity contribution >= 4 is 11.4 Å². The van der Waals surface area contributed by atoms with E-state index in [2.05, 4.69) is 34.2 Å². The van der Waals surface area contributed by atoms with Crippen LogP contribution in [0.5, 0.6) is 5.88 Å². The molecule has 3 saturated heterocycles. The molecule has 5 heteroatoms. The number of pyridine rings is 1. The minimum absolute atomic E-state index is 0.509. The largest absolute Gasteiger partial charge is 0.479 e. The monoisotopic (exact) mass is 276 g/mol. The first-order valence-electron chi connectivity index (χ1n) is 7.38. The second-order valence-electron chi connectivity index (χ2n) is 6.00. The minimum Gasteiger partial charge on any atom is -0.479 e. The third-order valence-electron chi connectivity index (χ3n) is 4.56. The molecule has 110 valence electrons. The summed E-state index contributed by atoms with van der Waals surface area (Å²) in [6.07, 6.45) is 4.41. The molecule has 0 amide bonds. The Hall–Kier alpha value is -1.49. The predicted molar refractivity (Wildman–Crippen MR) is 81.7 cm³/mol. The summed E-state index contributed by atoms with van der Waals surface area (Å²) in [6, 6.07) is 2.54. The highest BCUT2D eigenvalue weighted by Crippen LogP contribution is 2.36. The van der Waals surface area contributed by atoms with Crippen LogP contribution >= 0.6 is 0 Å². The number of piperidine rings is 3. The van der Waals surface area contributed by atoms with Crippen molar-refractivity contribution in [1.29, 1.82) is 0 Å². The summed E-state index contributed by atoms with van der Waals surface area (Å²) in [5.41, 5.74) is 2.16. The summed E-state index contributed by atoms with van der Waals surface area (Å²) in [6.45, 7) is 3.65. The van der Waals surface area contributed by atoms with E-state index in [1.807, 2.05) is 6.07 Å². The molecule has 0 aliphatic carbocycles. The molecule has 0 saturated carbocycles. The molecule has 1 aromatic rings. The van der Waals surface area contributed by atoms with E-state index < -0.39 is 0 Å². The lowest BCUT2D eigenvalue weighted by molar-refractivity contribution is 0.0974. The van der Waals surface area contributed by atoms with Crippen LogP contribution < -0.4 is 15.0 Å². The smallest absolute Gasteiger partial charge is 0.239 e. The second kappa shape index (κ2) is 5.48. The van der Waals surface area contributed by atoms with Crippen LogP contribution in [-0.2, 0) is 0 Å². The molecule has 1 aromatic heterocycles. The Kier molecular flexibility index (Phi) is 3.70. The van der Waals surface area contributed by atoms with Gasteiger partial charge in [-0.1, -0.05) is 0 Å². The molecule has 5 nitrogen and oxygen atoms in total. The average Bonchev–Trinajstić information content (AvgIpc) is 2.48. The Labute approximate surface area is 120 Å². The van der Waals surface area contributed by atoms with Gasteiger partial charge in [-0.25, -0.2) is 4.98 Å². The quantitative estimate of drug-likeness (QED) is 0.906. The number of nitrogens with one attached hydrogen (secondary N) is 1. The number of fused-ring (bicyclic) bond motifs is 3.